The number of sulfonamides is 1. The van der Waals surface area contributed by atoms with E-state index in [1.54, 1.807) is 28.6 Å². The first-order valence-electron chi connectivity index (χ1n) is 8.77. The van der Waals surface area contributed by atoms with Crippen LogP contribution in [0.15, 0.2) is 29.2 Å². The predicted octanol–water partition coefficient (Wildman–Crippen LogP) is 3.09. The van der Waals surface area contributed by atoms with Gasteiger partial charge in [0.15, 0.2) is 0 Å². The van der Waals surface area contributed by atoms with Gasteiger partial charge in [0.2, 0.25) is 15.9 Å². The second-order valence-corrected chi connectivity index (χ2v) is 9.35. The van der Waals surface area contributed by atoms with E-state index in [1.807, 2.05) is 0 Å². The molecule has 1 aromatic carbocycles. The quantitative estimate of drug-likeness (QED) is 0.907. The molecule has 1 heterocycles. The standard InChI is InChI=1S/C18H26N2O3S/c1-13-10-14(2)12-20(11-13)24(22,23)17-8-6-16(7-9-17)19-18(21)15-4-3-5-15/h6-9,13-15H,3-5,10-12H2,1-2H3,(H,19,21). The number of hydrogen-bond acceptors (Lipinski definition) is 3. The summed E-state index contributed by atoms with van der Waals surface area (Å²) < 4.78 is 27.2. The van der Waals surface area contributed by atoms with Gasteiger partial charge in [0.05, 0.1) is 4.90 Å². The SMILES string of the molecule is CC1CC(C)CN(S(=O)(=O)c2ccc(NC(=O)C3CCC3)cc2)C1. The third kappa shape index (κ3) is 3.64. The van der Waals surface area contributed by atoms with Crippen LogP contribution in [0, 0.1) is 17.8 Å². The first kappa shape index (κ1) is 17.4. The van der Waals surface area contributed by atoms with Crippen molar-refractivity contribution in [1.29, 1.82) is 0 Å². The molecule has 1 aromatic rings. The van der Waals surface area contributed by atoms with Gasteiger partial charge in [-0.05, 0) is 55.4 Å². The van der Waals surface area contributed by atoms with E-state index in [1.165, 1.54) is 0 Å². The van der Waals surface area contributed by atoms with Gasteiger partial charge in [-0.25, -0.2) is 8.42 Å². The Morgan fingerprint density at radius 1 is 1.08 bits per heavy atom. The topological polar surface area (TPSA) is 66.5 Å². The van der Waals surface area contributed by atoms with Gasteiger partial charge < -0.3 is 5.32 Å². The Hall–Kier alpha value is -1.40. The molecular formula is C18H26N2O3S. The van der Waals surface area contributed by atoms with Crippen LogP contribution in [0.2, 0.25) is 0 Å². The third-order valence-corrected chi connectivity index (χ3v) is 6.92. The number of nitrogens with one attached hydrogen (secondary N) is 1. The maximum atomic E-state index is 12.8. The fourth-order valence-electron chi connectivity index (χ4n) is 3.58. The molecule has 1 saturated heterocycles. The van der Waals surface area contributed by atoms with E-state index in [9.17, 15) is 13.2 Å². The molecule has 5 nitrogen and oxygen atoms in total. The summed E-state index contributed by atoms with van der Waals surface area (Å²) in [6.07, 6.45) is 4.08. The predicted molar refractivity (Wildman–Crippen MR) is 94.1 cm³/mol. The number of anilines is 1. The van der Waals surface area contributed by atoms with Gasteiger partial charge in [-0.1, -0.05) is 20.3 Å². The smallest absolute Gasteiger partial charge is 0.243 e. The van der Waals surface area contributed by atoms with Crippen LogP contribution in [0.25, 0.3) is 0 Å². The van der Waals surface area contributed by atoms with Crippen LogP contribution < -0.4 is 5.32 Å². The normalized spacial score (nSPS) is 25.9. The Morgan fingerprint density at radius 3 is 2.17 bits per heavy atom. The van der Waals surface area contributed by atoms with Crippen LogP contribution in [0.4, 0.5) is 5.69 Å². The molecule has 24 heavy (non-hydrogen) atoms. The number of carbonyl (C=O) groups is 1. The number of benzene rings is 1. The minimum Gasteiger partial charge on any atom is -0.326 e. The monoisotopic (exact) mass is 350 g/mol. The number of carbonyl (C=O) groups excluding carboxylic acids is 1. The highest BCUT2D eigenvalue weighted by Crippen LogP contribution is 2.29. The summed E-state index contributed by atoms with van der Waals surface area (Å²) in [5.74, 6) is 0.911. The summed E-state index contributed by atoms with van der Waals surface area (Å²) in [6.45, 7) is 5.34. The molecule has 3 rings (SSSR count). The molecule has 1 amide bonds. The molecule has 0 aromatic heterocycles. The Kier molecular flexibility index (Phi) is 4.97. The van der Waals surface area contributed by atoms with E-state index in [-0.39, 0.29) is 11.8 Å². The van der Waals surface area contributed by atoms with E-state index >= 15 is 0 Å². The zero-order valence-electron chi connectivity index (χ0n) is 14.4. The van der Waals surface area contributed by atoms with Crippen molar-refractivity contribution in [2.75, 3.05) is 18.4 Å². The molecule has 1 N–H and O–H groups in total. The van der Waals surface area contributed by atoms with Crippen molar-refractivity contribution in [3.63, 3.8) is 0 Å². The van der Waals surface area contributed by atoms with Gasteiger partial charge in [0.25, 0.3) is 0 Å². The molecule has 0 bridgehead atoms. The Morgan fingerprint density at radius 2 is 1.67 bits per heavy atom. The van der Waals surface area contributed by atoms with Crippen molar-refractivity contribution in [3.05, 3.63) is 24.3 Å². The lowest BCUT2D eigenvalue weighted by Crippen LogP contribution is -2.42. The van der Waals surface area contributed by atoms with Crippen LogP contribution in [0.1, 0.15) is 39.5 Å². The van der Waals surface area contributed by atoms with Crippen molar-refractivity contribution in [2.45, 2.75) is 44.4 Å². The number of rotatable bonds is 4. The van der Waals surface area contributed by atoms with Crippen molar-refractivity contribution in [1.82, 2.24) is 4.31 Å². The van der Waals surface area contributed by atoms with Crippen LogP contribution in [0.5, 0.6) is 0 Å². The molecule has 0 spiro atoms. The fourth-order valence-corrected chi connectivity index (χ4v) is 5.26. The molecule has 132 valence electrons. The van der Waals surface area contributed by atoms with E-state index in [4.69, 9.17) is 0 Å². The zero-order chi connectivity index (χ0) is 17.3. The highest BCUT2D eigenvalue weighted by Gasteiger charge is 2.31. The van der Waals surface area contributed by atoms with Crippen LogP contribution in [-0.2, 0) is 14.8 Å². The average molecular weight is 350 g/mol. The van der Waals surface area contributed by atoms with E-state index in [0.717, 1.165) is 25.7 Å². The van der Waals surface area contributed by atoms with Gasteiger partial charge in [-0.2, -0.15) is 4.31 Å². The molecule has 0 radical (unpaired) electrons. The van der Waals surface area contributed by atoms with E-state index in [2.05, 4.69) is 19.2 Å². The van der Waals surface area contributed by atoms with Crippen LogP contribution in [0.3, 0.4) is 0 Å². The van der Waals surface area contributed by atoms with Gasteiger partial charge in [-0.3, -0.25) is 4.79 Å². The fraction of sp³-hybridized carbons (Fsp3) is 0.611. The summed E-state index contributed by atoms with van der Waals surface area (Å²) in [4.78, 5) is 12.3. The summed E-state index contributed by atoms with van der Waals surface area (Å²) in [5, 5.41) is 2.87. The summed E-state index contributed by atoms with van der Waals surface area (Å²) in [7, 11) is -3.46. The van der Waals surface area contributed by atoms with E-state index in [0.29, 0.717) is 35.5 Å². The van der Waals surface area contributed by atoms with Crippen molar-refractivity contribution >= 4 is 21.6 Å². The maximum absolute atomic E-state index is 12.8. The van der Waals surface area contributed by atoms with Gasteiger partial charge in [0, 0.05) is 24.7 Å². The second-order valence-electron chi connectivity index (χ2n) is 7.41. The molecule has 2 atom stereocenters. The van der Waals surface area contributed by atoms with Crippen molar-refractivity contribution < 1.29 is 13.2 Å². The number of nitrogens with zero attached hydrogens (tertiary/aromatic N) is 1. The van der Waals surface area contributed by atoms with Gasteiger partial charge in [0.1, 0.15) is 0 Å². The van der Waals surface area contributed by atoms with E-state index < -0.39 is 10.0 Å². The van der Waals surface area contributed by atoms with Crippen LogP contribution >= 0.6 is 0 Å². The maximum Gasteiger partial charge on any atom is 0.243 e. The van der Waals surface area contributed by atoms with Crippen molar-refractivity contribution in [2.24, 2.45) is 17.8 Å². The minimum atomic E-state index is -3.46. The third-order valence-electron chi connectivity index (χ3n) is 5.07. The lowest BCUT2D eigenvalue weighted by Gasteiger charge is -2.34. The van der Waals surface area contributed by atoms with Gasteiger partial charge >= 0.3 is 0 Å². The molecule has 1 aliphatic heterocycles. The molecule has 1 aliphatic carbocycles. The lowest BCUT2D eigenvalue weighted by molar-refractivity contribution is -0.122. The highest BCUT2D eigenvalue weighted by molar-refractivity contribution is 7.89. The summed E-state index contributed by atoms with van der Waals surface area (Å²) in [6, 6.07) is 6.55. The van der Waals surface area contributed by atoms with Crippen molar-refractivity contribution in [3.8, 4) is 0 Å². The Balaban J connectivity index is 1.70. The molecule has 2 aliphatic rings. The molecular weight excluding hydrogens is 324 g/mol. The minimum absolute atomic E-state index is 0.0375. The molecule has 2 unspecified atom stereocenters. The number of amides is 1. The Bertz CT molecular complexity index is 685. The summed E-state index contributed by atoms with van der Waals surface area (Å²) >= 11 is 0. The van der Waals surface area contributed by atoms with Gasteiger partial charge in [-0.15, -0.1) is 0 Å². The number of hydrogen-bond donors (Lipinski definition) is 1. The lowest BCUT2D eigenvalue weighted by atomic mass is 9.85. The number of piperidine rings is 1. The largest absolute Gasteiger partial charge is 0.326 e. The van der Waals surface area contributed by atoms with Crippen LogP contribution in [-0.4, -0.2) is 31.7 Å². The molecule has 1 saturated carbocycles. The average Bonchev–Trinajstić information content (AvgIpc) is 2.44. The molecule has 6 heteroatoms. The molecule has 2 fully saturated rings. The first-order valence-corrected chi connectivity index (χ1v) is 10.2. The highest BCUT2D eigenvalue weighted by atomic mass is 32.2. The second kappa shape index (κ2) is 6.84. The first-order chi connectivity index (χ1) is 11.4. The Labute approximate surface area is 144 Å². The summed E-state index contributed by atoms with van der Waals surface area (Å²) in [5.41, 5.74) is 0.659. The zero-order valence-corrected chi connectivity index (χ0v) is 15.2.